The van der Waals surface area contributed by atoms with Crippen LogP contribution in [-0.2, 0) is 4.79 Å². The van der Waals surface area contributed by atoms with E-state index in [1.54, 1.807) is 6.08 Å². The Morgan fingerprint density at radius 2 is 2.00 bits per heavy atom. The van der Waals surface area contributed by atoms with E-state index in [2.05, 4.69) is 26.8 Å². The van der Waals surface area contributed by atoms with Crippen molar-refractivity contribution in [3.05, 3.63) is 12.2 Å². The van der Waals surface area contributed by atoms with Gasteiger partial charge in [0, 0.05) is 5.92 Å². The molecule has 0 aliphatic heterocycles. The Bertz CT molecular complexity index is 288. The lowest BCUT2D eigenvalue weighted by atomic mass is 9.53. The third kappa shape index (κ3) is 1.34. The molecule has 0 unspecified atom stereocenters. The van der Waals surface area contributed by atoms with Gasteiger partial charge in [0.15, 0.2) is 5.78 Å². The van der Waals surface area contributed by atoms with Crippen molar-refractivity contribution in [1.82, 2.24) is 0 Å². The van der Waals surface area contributed by atoms with Crippen molar-refractivity contribution >= 4 is 5.78 Å². The van der Waals surface area contributed by atoms with Crippen LogP contribution in [0.3, 0.4) is 0 Å². The molecule has 0 saturated heterocycles. The van der Waals surface area contributed by atoms with Gasteiger partial charge in [0.05, 0.1) is 0 Å². The van der Waals surface area contributed by atoms with Crippen LogP contribution in [0.4, 0.5) is 0 Å². The summed E-state index contributed by atoms with van der Waals surface area (Å²) in [7, 11) is 0. The van der Waals surface area contributed by atoms with Crippen LogP contribution in [0.15, 0.2) is 12.2 Å². The molecule has 0 N–H and O–H groups in total. The van der Waals surface area contributed by atoms with Crippen molar-refractivity contribution < 1.29 is 4.79 Å². The first-order valence-corrected chi connectivity index (χ1v) is 5.66. The van der Waals surface area contributed by atoms with E-state index in [0.29, 0.717) is 5.78 Å². The number of hydrogen-bond acceptors (Lipinski definition) is 1. The Hall–Kier alpha value is -0.590. The van der Waals surface area contributed by atoms with Gasteiger partial charge in [-0.15, -0.1) is 0 Å². The van der Waals surface area contributed by atoms with Gasteiger partial charge in [-0.25, -0.2) is 0 Å². The Morgan fingerprint density at radius 3 is 2.64 bits per heavy atom. The minimum atomic E-state index is 0.203. The largest absolute Gasteiger partial charge is 0.295 e. The Kier molecular flexibility index (Phi) is 2.09. The van der Waals surface area contributed by atoms with E-state index in [-0.39, 0.29) is 16.7 Å². The van der Waals surface area contributed by atoms with Gasteiger partial charge in [-0.05, 0) is 36.2 Å². The van der Waals surface area contributed by atoms with Crippen molar-refractivity contribution in [2.45, 2.75) is 46.5 Å². The molecule has 0 radical (unpaired) electrons. The number of fused-ring (bicyclic) bond motifs is 1. The number of carbonyl (C=O) groups excluding carboxylic acids is 1. The van der Waals surface area contributed by atoms with Gasteiger partial charge >= 0.3 is 0 Å². The van der Waals surface area contributed by atoms with Crippen LogP contribution >= 0.6 is 0 Å². The van der Waals surface area contributed by atoms with Gasteiger partial charge < -0.3 is 0 Å². The fourth-order valence-electron chi connectivity index (χ4n) is 3.67. The summed E-state index contributed by atoms with van der Waals surface area (Å²) in [6.45, 7) is 6.80. The van der Waals surface area contributed by atoms with Crippen LogP contribution in [-0.4, -0.2) is 5.78 Å². The number of ketones is 1. The first kappa shape index (κ1) is 9.95. The summed E-state index contributed by atoms with van der Waals surface area (Å²) in [5.74, 6) is 0.622. The third-order valence-corrected chi connectivity index (χ3v) is 4.20. The molecule has 1 fully saturated rings. The molecule has 0 heterocycles. The van der Waals surface area contributed by atoms with Crippen molar-refractivity contribution in [2.75, 3.05) is 0 Å². The molecule has 0 bridgehead atoms. The summed E-state index contributed by atoms with van der Waals surface area (Å²) in [5, 5.41) is 0. The van der Waals surface area contributed by atoms with E-state index >= 15 is 0 Å². The molecular formula is C13H20O. The highest BCUT2D eigenvalue weighted by atomic mass is 16.1. The molecule has 78 valence electrons. The minimum Gasteiger partial charge on any atom is -0.295 e. The van der Waals surface area contributed by atoms with Crippen LogP contribution < -0.4 is 0 Å². The molecule has 0 aromatic carbocycles. The Morgan fingerprint density at radius 1 is 1.29 bits per heavy atom. The SMILES string of the molecule is CC1(C)CCC[C@]2(C)CC=CC(=O)[C@@H]12. The van der Waals surface area contributed by atoms with Crippen LogP contribution in [0.1, 0.15) is 46.5 Å². The third-order valence-electron chi connectivity index (χ3n) is 4.20. The topological polar surface area (TPSA) is 17.1 Å². The maximum absolute atomic E-state index is 12.0. The zero-order valence-electron chi connectivity index (χ0n) is 9.47. The molecule has 1 saturated carbocycles. The summed E-state index contributed by atoms with van der Waals surface area (Å²) in [4.78, 5) is 12.0. The zero-order valence-corrected chi connectivity index (χ0v) is 9.47. The van der Waals surface area contributed by atoms with E-state index in [1.807, 2.05) is 0 Å². The highest BCUT2D eigenvalue weighted by molar-refractivity contribution is 5.93. The Labute approximate surface area is 86.6 Å². The average molecular weight is 192 g/mol. The summed E-state index contributed by atoms with van der Waals surface area (Å²) < 4.78 is 0. The molecule has 2 aliphatic rings. The summed E-state index contributed by atoms with van der Waals surface area (Å²) in [6.07, 6.45) is 8.66. The number of hydrogen-bond donors (Lipinski definition) is 0. The summed E-state index contributed by atoms with van der Waals surface area (Å²) >= 11 is 0. The number of allylic oxidation sites excluding steroid dienone is 2. The first-order valence-electron chi connectivity index (χ1n) is 5.66. The smallest absolute Gasteiger partial charge is 0.159 e. The molecule has 0 spiro atoms. The number of carbonyl (C=O) groups is 1. The van der Waals surface area contributed by atoms with Crippen molar-refractivity contribution in [1.29, 1.82) is 0 Å². The second-order valence-corrected chi connectivity index (χ2v) is 5.94. The summed E-state index contributed by atoms with van der Waals surface area (Å²) in [5.41, 5.74) is 0.447. The van der Waals surface area contributed by atoms with Gasteiger partial charge in [-0.1, -0.05) is 33.3 Å². The summed E-state index contributed by atoms with van der Waals surface area (Å²) in [6, 6.07) is 0. The Balaban J connectivity index is 2.40. The fourth-order valence-corrected chi connectivity index (χ4v) is 3.67. The molecule has 0 amide bonds. The van der Waals surface area contributed by atoms with E-state index in [1.165, 1.54) is 19.3 Å². The zero-order chi connectivity index (χ0) is 10.4. The van der Waals surface area contributed by atoms with E-state index in [4.69, 9.17) is 0 Å². The standard InChI is InChI=1S/C13H20O/c1-12(2)7-5-9-13(3)8-4-6-10(14)11(12)13/h4,6,11H,5,7-9H2,1-3H3/t11-,13-/m0/s1. The second kappa shape index (κ2) is 2.95. The van der Waals surface area contributed by atoms with Gasteiger partial charge in [-0.3, -0.25) is 4.79 Å². The number of rotatable bonds is 0. The molecule has 14 heavy (non-hydrogen) atoms. The van der Waals surface area contributed by atoms with Crippen molar-refractivity contribution in [3.8, 4) is 0 Å². The normalized spacial score (nSPS) is 40.8. The van der Waals surface area contributed by atoms with Gasteiger partial charge in [0.1, 0.15) is 0 Å². The van der Waals surface area contributed by atoms with Gasteiger partial charge in [0.2, 0.25) is 0 Å². The highest BCUT2D eigenvalue weighted by Crippen LogP contribution is 2.54. The highest BCUT2D eigenvalue weighted by Gasteiger charge is 2.50. The first-order chi connectivity index (χ1) is 6.46. The lowest BCUT2D eigenvalue weighted by Crippen LogP contribution is -2.47. The van der Waals surface area contributed by atoms with Gasteiger partial charge in [-0.2, -0.15) is 0 Å². The lowest BCUT2D eigenvalue weighted by Gasteiger charge is -2.50. The molecule has 1 nitrogen and oxygen atoms in total. The van der Waals surface area contributed by atoms with E-state index in [9.17, 15) is 4.79 Å². The second-order valence-electron chi connectivity index (χ2n) is 5.94. The van der Waals surface area contributed by atoms with Crippen molar-refractivity contribution in [2.24, 2.45) is 16.7 Å². The van der Waals surface area contributed by atoms with Gasteiger partial charge in [0.25, 0.3) is 0 Å². The predicted molar refractivity (Wildman–Crippen MR) is 58.0 cm³/mol. The van der Waals surface area contributed by atoms with Crippen molar-refractivity contribution in [3.63, 3.8) is 0 Å². The maximum atomic E-state index is 12.0. The molecular weight excluding hydrogens is 172 g/mol. The average Bonchev–Trinajstić information content (AvgIpc) is 2.00. The quantitative estimate of drug-likeness (QED) is 0.575. The molecule has 2 rings (SSSR count). The van der Waals surface area contributed by atoms with Crippen LogP contribution in [0.2, 0.25) is 0 Å². The molecule has 2 atom stereocenters. The molecule has 0 aromatic heterocycles. The van der Waals surface area contributed by atoms with E-state index < -0.39 is 0 Å². The lowest BCUT2D eigenvalue weighted by molar-refractivity contribution is -0.132. The predicted octanol–water partition coefficient (Wildman–Crippen LogP) is 3.35. The fraction of sp³-hybridized carbons (Fsp3) is 0.769. The minimum absolute atomic E-state index is 0.203. The molecule has 1 heteroatoms. The van der Waals surface area contributed by atoms with Crippen LogP contribution in [0, 0.1) is 16.7 Å². The molecule has 0 aromatic rings. The van der Waals surface area contributed by atoms with E-state index in [0.717, 1.165) is 6.42 Å². The van der Waals surface area contributed by atoms with Crippen LogP contribution in [0.25, 0.3) is 0 Å². The monoisotopic (exact) mass is 192 g/mol. The maximum Gasteiger partial charge on any atom is 0.159 e. The van der Waals surface area contributed by atoms with Crippen LogP contribution in [0.5, 0.6) is 0 Å². The molecule has 2 aliphatic carbocycles.